The highest BCUT2D eigenvalue weighted by molar-refractivity contribution is 5.93. The lowest BCUT2D eigenvalue weighted by molar-refractivity contribution is -0.128. The Balaban J connectivity index is 1.57. The highest BCUT2D eigenvalue weighted by atomic mass is 16.2. The van der Waals surface area contributed by atoms with Crippen LogP contribution in [0.3, 0.4) is 0 Å². The van der Waals surface area contributed by atoms with E-state index in [4.69, 9.17) is 0 Å². The number of benzene rings is 3. The number of carbonyl (C=O) groups is 1. The van der Waals surface area contributed by atoms with Crippen LogP contribution in [-0.2, 0) is 11.2 Å². The summed E-state index contributed by atoms with van der Waals surface area (Å²) in [5.41, 5.74) is 12.1. The molecule has 1 amide bonds. The molecule has 1 unspecified atom stereocenters. The molecule has 1 atom stereocenters. The fraction of sp³-hybridized carbons (Fsp3) is 0.258. The third kappa shape index (κ3) is 3.96. The molecule has 5 rings (SSSR count). The number of aromatic nitrogens is 1. The number of hydrogen-bond donors (Lipinski definition) is 1. The summed E-state index contributed by atoms with van der Waals surface area (Å²) in [5.74, 6) is 0.0435. The Kier molecular flexibility index (Phi) is 5.65. The molecule has 0 bridgehead atoms. The van der Waals surface area contributed by atoms with Gasteiger partial charge in [0.05, 0.1) is 6.04 Å². The summed E-state index contributed by atoms with van der Waals surface area (Å²) in [7, 11) is 0. The molecule has 3 nitrogen and oxygen atoms in total. The maximum Gasteiger partial charge on any atom is 0.247 e. The van der Waals surface area contributed by atoms with Gasteiger partial charge in [-0.1, -0.05) is 48.5 Å². The Morgan fingerprint density at radius 3 is 2.35 bits per heavy atom. The minimum Gasteiger partial charge on any atom is -0.356 e. The van der Waals surface area contributed by atoms with E-state index in [0.29, 0.717) is 6.54 Å². The largest absolute Gasteiger partial charge is 0.356 e. The van der Waals surface area contributed by atoms with Crippen molar-refractivity contribution in [2.45, 2.75) is 47.1 Å². The summed E-state index contributed by atoms with van der Waals surface area (Å²) in [6.45, 7) is 11.3. The minimum absolute atomic E-state index is 0.0435. The van der Waals surface area contributed by atoms with Crippen LogP contribution in [-0.4, -0.2) is 22.3 Å². The molecule has 0 spiro atoms. The molecule has 0 fully saturated rings. The van der Waals surface area contributed by atoms with Gasteiger partial charge in [-0.05, 0) is 97.7 Å². The molecule has 1 aliphatic rings. The van der Waals surface area contributed by atoms with Gasteiger partial charge in [-0.15, -0.1) is 0 Å². The first-order valence-corrected chi connectivity index (χ1v) is 12.1. The molecule has 172 valence electrons. The molecule has 0 radical (unpaired) electrons. The van der Waals surface area contributed by atoms with Crippen LogP contribution in [0.2, 0.25) is 0 Å². The standard InChI is InChI=1S/C31H32N2O/c1-19-6-12-26-27-14-15-33(29(34)13-10-24-9-7-20(2)22(4)17-24)31(30(27)32-28(26)16-19)25-11-8-21(3)23(5)18-25/h6-13,16-18,31-32H,14-15H2,1-5H3/b13-10+. The molecule has 0 saturated carbocycles. The molecule has 0 saturated heterocycles. The summed E-state index contributed by atoms with van der Waals surface area (Å²) in [6.07, 6.45) is 4.52. The zero-order chi connectivity index (χ0) is 24.0. The number of nitrogens with one attached hydrogen (secondary N) is 1. The number of aromatic amines is 1. The Labute approximate surface area is 202 Å². The van der Waals surface area contributed by atoms with Crippen LogP contribution in [0, 0.1) is 34.6 Å². The fourth-order valence-electron chi connectivity index (χ4n) is 5.06. The SMILES string of the molecule is Cc1ccc2c3c([nH]c2c1)C(c1ccc(C)c(C)c1)N(C(=O)/C=C/c1ccc(C)c(C)c1)CC3. The molecule has 3 aromatic carbocycles. The van der Waals surface area contributed by atoms with Crippen LogP contribution in [0.1, 0.15) is 56.2 Å². The van der Waals surface area contributed by atoms with Crippen LogP contribution in [0.5, 0.6) is 0 Å². The van der Waals surface area contributed by atoms with Crippen LogP contribution in [0.15, 0.2) is 60.7 Å². The van der Waals surface area contributed by atoms with Crippen molar-refractivity contribution in [2.75, 3.05) is 6.54 Å². The van der Waals surface area contributed by atoms with E-state index in [1.807, 2.05) is 11.0 Å². The van der Waals surface area contributed by atoms with Gasteiger partial charge in [-0.25, -0.2) is 0 Å². The molecule has 0 aliphatic carbocycles. The number of fused-ring (bicyclic) bond motifs is 3. The predicted molar refractivity (Wildman–Crippen MR) is 141 cm³/mol. The number of carbonyl (C=O) groups excluding carboxylic acids is 1. The quantitative estimate of drug-likeness (QED) is 0.340. The zero-order valence-corrected chi connectivity index (χ0v) is 20.7. The second-order valence-electron chi connectivity index (χ2n) is 9.77. The Hall–Kier alpha value is -3.59. The Morgan fingerprint density at radius 1 is 0.882 bits per heavy atom. The summed E-state index contributed by atoms with van der Waals surface area (Å²) in [5, 5.41) is 1.27. The van der Waals surface area contributed by atoms with Crippen molar-refractivity contribution in [2.24, 2.45) is 0 Å². The van der Waals surface area contributed by atoms with Gasteiger partial charge >= 0.3 is 0 Å². The van der Waals surface area contributed by atoms with Crippen LogP contribution in [0.25, 0.3) is 17.0 Å². The van der Waals surface area contributed by atoms with Gasteiger partial charge in [0.2, 0.25) is 5.91 Å². The van der Waals surface area contributed by atoms with Crippen molar-refractivity contribution in [1.29, 1.82) is 0 Å². The van der Waals surface area contributed by atoms with Gasteiger partial charge < -0.3 is 9.88 Å². The van der Waals surface area contributed by atoms with E-state index in [9.17, 15) is 4.79 Å². The van der Waals surface area contributed by atoms with Crippen molar-refractivity contribution in [1.82, 2.24) is 9.88 Å². The van der Waals surface area contributed by atoms with Crippen LogP contribution in [0.4, 0.5) is 0 Å². The van der Waals surface area contributed by atoms with Gasteiger partial charge in [0.15, 0.2) is 0 Å². The Morgan fingerprint density at radius 2 is 1.62 bits per heavy atom. The maximum absolute atomic E-state index is 13.6. The maximum atomic E-state index is 13.6. The van der Waals surface area contributed by atoms with E-state index >= 15 is 0 Å². The van der Waals surface area contributed by atoms with Gasteiger partial charge in [0, 0.05) is 29.2 Å². The first kappa shape index (κ1) is 22.2. The second kappa shape index (κ2) is 8.64. The minimum atomic E-state index is -0.132. The molecule has 1 aliphatic heterocycles. The lowest BCUT2D eigenvalue weighted by Gasteiger charge is -2.36. The lowest BCUT2D eigenvalue weighted by atomic mass is 9.90. The molecule has 2 heterocycles. The number of nitrogens with zero attached hydrogens (tertiary/aromatic N) is 1. The Bertz CT molecular complexity index is 1440. The highest BCUT2D eigenvalue weighted by Gasteiger charge is 2.33. The molecular formula is C31H32N2O. The van der Waals surface area contributed by atoms with E-state index in [2.05, 4.69) is 94.2 Å². The van der Waals surface area contributed by atoms with Crippen LogP contribution < -0.4 is 0 Å². The monoisotopic (exact) mass is 448 g/mol. The average Bonchev–Trinajstić information content (AvgIpc) is 3.18. The van der Waals surface area contributed by atoms with E-state index in [-0.39, 0.29) is 11.9 Å². The first-order chi connectivity index (χ1) is 16.3. The fourth-order valence-corrected chi connectivity index (χ4v) is 5.06. The van der Waals surface area contributed by atoms with E-state index in [0.717, 1.165) is 28.8 Å². The van der Waals surface area contributed by atoms with E-state index in [1.165, 1.54) is 38.8 Å². The molecule has 34 heavy (non-hydrogen) atoms. The summed E-state index contributed by atoms with van der Waals surface area (Å²) in [6, 6.07) is 19.3. The van der Waals surface area contributed by atoms with Gasteiger partial charge in [0.25, 0.3) is 0 Å². The smallest absolute Gasteiger partial charge is 0.247 e. The lowest BCUT2D eigenvalue weighted by Crippen LogP contribution is -2.39. The van der Waals surface area contributed by atoms with Crippen molar-refractivity contribution >= 4 is 22.9 Å². The third-order valence-corrected chi connectivity index (χ3v) is 7.36. The second-order valence-corrected chi connectivity index (χ2v) is 9.77. The molecule has 3 heteroatoms. The van der Waals surface area contributed by atoms with Crippen molar-refractivity contribution in [3.63, 3.8) is 0 Å². The number of amides is 1. The van der Waals surface area contributed by atoms with Crippen LogP contribution >= 0.6 is 0 Å². The topological polar surface area (TPSA) is 36.1 Å². The predicted octanol–water partition coefficient (Wildman–Crippen LogP) is 6.90. The number of rotatable bonds is 3. The highest BCUT2D eigenvalue weighted by Crippen LogP contribution is 2.39. The van der Waals surface area contributed by atoms with Gasteiger partial charge in [0.1, 0.15) is 0 Å². The van der Waals surface area contributed by atoms with Crippen molar-refractivity contribution in [3.05, 3.63) is 111 Å². The van der Waals surface area contributed by atoms with E-state index in [1.54, 1.807) is 6.08 Å². The van der Waals surface area contributed by atoms with E-state index < -0.39 is 0 Å². The van der Waals surface area contributed by atoms with Gasteiger partial charge in [-0.2, -0.15) is 0 Å². The number of H-pyrrole nitrogens is 1. The number of aryl methyl sites for hydroxylation is 5. The normalized spacial score (nSPS) is 15.8. The molecular weight excluding hydrogens is 416 g/mol. The zero-order valence-electron chi connectivity index (χ0n) is 20.7. The van der Waals surface area contributed by atoms with Crippen molar-refractivity contribution in [3.8, 4) is 0 Å². The third-order valence-electron chi connectivity index (χ3n) is 7.36. The summed E-state index contributed by atoms with van der Waals surface area (Å²) < 4.78 is 0. The van der Waals surface area contributed by atoms with Gasteiger partial charge in [-0.3, -0.25) is 4.79 Å². The average molecular weight is 449 g/mol. The molecule has 1 N–H and O–H groups in total. The molecule has 4 aromatic rings. The summed E-state index contributed by atoms with van der Waals surface area (Å²) >= 11 is 0. The van der Waals surface area contributed by atoms with Crippen molar-refractivity contribution < 1.29 is 4.79 Å². The number of hydrogen-bond acceptors (Lipinski definition) is 1. The first-order valence-electron chi connectivity index (χ1n) is 12.1. The summed E-state index contributed by atoms with van der Waals surface area (Å²) in [4.78, 5) is 19.3. The molecule has 1 aromatic heterocycles.